The molecule has 2 amide bonds. The smallest absolute Gasteiger partial charge is 0.245 e. The zero-order chi connectivity index (χ0) is 17.9. The lowest BCUT2D eigenvalue weighted by molar-refractivity contribution is -0.162. The summed E-state index contributed by atoms with van der Waals surface area (Å²) in [5.74, 6) is 2.79. The van der Waals surface area contributed by atoms with Gasteiger partial charge in [-0.2, -0.15) is 0 Å². The van der Waals surface area contributed by atoms with Crippen LogP contribution in [0.4, 0.5) is 0 Å². The Morgan fingerprint density at radius 3 is 2.07 bits per heavy atom. The van der Waals surface area contributed by atoms with Crippen LogP contribution in [0.15, 0.2) is 0 Å². The first-order valence-electron chi connectivity index (χ1n) is 10.9. The van der Waals surface area contributed by atoms with Gasteiger partial charge in [0.2, 0.25) is 11.8 Å². The van der Waals surface area contributed by atoms with E-state index in [9.17, 15) is 9.59 Å². The predicted octanol–water partition coefficient (Wildman–Crippen LogP) is 2.57. The van der Waals surface area contributed by atoms with Gasteiger partial charge in [-0.05, 0) is 82.0 Å². The highest BCUT2D eigenvalue weighted by Gasteiger charge is 2.57. The van der Waals surface area contributed by atoms with Gasteiger partial charge in [0.15, 0.2) is 0 Å². The number of nitrogens with zero attached hydrogens (tertiary/aromatic N) is 2. The van der Waals surface area contributed by atoms with Crippen molar-refractivity contribution in [3.8, 4) is 0 Å². The van der Waals surface area contributed by atoms with Crippen LogP contribution in [0, 0.1) is 23.2 Å². The van der Waals surface area contributed by atoms with Crippen molar-refractivity contribution in [3.63, 3.8) is 0 Å². The van der Waals surface area contributed by atoms with Gasteiger partial charge >= 0.3 is 0 Å². The summed E-state index contributed by atoms with van der Waals surface area (Å²) in [6.07, 6.45) is 11.1. The molecule has 2 heterocycles. The highest BCUT2D eigenvalue weighted by atomic mass is 35.5. The summed E-state index contributed by atoms with van der Waals surface area (Å²) in [6.45, 7) is 2.24. The fourth-order valence-corrected chi connectivity index (χ4v) is 7.36. The SMILES string of the molecule is Cl.NC1CCCN(C(=O)C2CCCN2C(=O)C23CC4CC(CC(C4)C2)C3)C1. The highest BCUT2D eigenvalue weighted by Crippen LogP contribution is 2.60. The lowest BCUT2D eigenvalue weighted by Crippen LogP contribution is -2.58. The standard InChI is InChI=1S/C21H33N3O2.ClH/c22-17-3-1-5-23(13-17)19(25)18-4-2-6-24(18)20(26)21-10-14-7-15(11-21)9-16(8-14)12-21;/h14-18H,1-13,22H2;1H. The molecule has 0 aromatic carbocycles. The maximum absolute atomic E-state index is 13.7. The number of hydrogen-bond acceptors (Lipinski definition) is 3. The third kappa shape index (κ3) is 3.29. The number of halogens is 1. The fourth-order valence-electron chi connectivity index (χ4n) is 7.36. The molecule has 0 aromatic rings. The van der Waals surface area contributed by atoms with E-state index < -0.39 is 0 Å². The van der Waals surface area contributed by atoms with Crippen LogP contribution in [0.3, 0.4) is 0 Å². The summed E-state index contributed by atoms with van der Waals surface area (Å²) in [4.78, 5) is 30.8. The molecule has 5 nitrogen and oxygen atoms in total. The molecule has 4 aliphatic carbocycles. The van der Waals surface area contributed by atoms with Gasteiger partial charge in [-0.25, -0.2) is 0 Å². The number of hydrogen-bond donors (Lipinski definition) is 1. The molecule has 27 heavy (non-hydrogen) atoms. The fraction of sp³-hybridized carbons (Fsp3) is 0.905. The van der Waals surface area contributed by atoms with E-state index in [1.165, 1.54) is 19.3 Å². The molecule has 6 aliphatic rings. The molecule has 2 aliphatic heterocycles. The molecule has 2 atom stereocenters. The van der Waals surface area contributed by atoms with Crippen LogP contribution in [0.5, 0.6) is 0 Å². The molecule has 0 radical (unpaired) electrons. The number of piperidine rings is 1. The molecule has 2 saturated heterocycles. The number of likely N-dealkylation sites (tertiary alicyclic amines) is 2. The first-order valence-corrected chi connectivity index (χ1v) is 10.9. The molecule has 6 fully saturated rings. The first-order chi connectivity index (χ1) is 12.5. The Kier molecular flexibility index (Phi) is 5.21. The summed E-state index contributed by atoms with van der Waals surface area (Å²) in [6, 6.07) is -0.123. The quantitative estimate of drug-likeness (QED) is 0.781. The van der Waals surface area contributed by atoms with E-state index in [2.05, 4.69) is 0 Å². The van der Waals surface area contributed by atoms with E-state index in [1.54, 1.807) is 0 Å². The Hall–Kier alpha value is -0.810. The van der Waals surface area contributed by atoms with Crippen LogP contribution in [-0.4, -0.2) is 53.3 Å². The third-order valence-electron chi connectivity index (χ3n) is 8.06. The monoisotopic (exact) mass is 395 g/mol. The molecular formula is C21H34ClN3O2. The number of nitrogens with two attached hydrogens (primary N) is 1. The van der Waals surface area contributed by atoms with Crippen LogP contribution >= 0.6 is 12.4 Å². The van der Waals surface area contributed by atoms with E-state index in [4.69, 9.17) is 5.73 Å². The van der Waals surface area contributed by atoms with Gasteiger partial charge in [-0.15, -0.1) is 12.4 Å². The van der Waals surface area contributed by atoms with E-state index >= 15 is 0 Å². The average molecular weight is 396 g/mol. The predicted molar refractivity (Wildman–Crippen MR) is 106 cm³/mol. The summed E-state index contributed by atoms with van der Waals surface area (Å²) in [7, 11) is 0. The summed E-state index contributed by atoms with van der Waals surface area (Å²) in [5, 5.41) is 0. The molecule has 4 saturated carbocycles. The largest absolute Gasteiger partial charge is 0.339 e. The molecule has 6 rings (SSSR count). The topological polar surface area (TPSA) is 66.6 Å². The van der Waals surface area contributed by atoms with Crippen molar-refractivity contribution in [3.05, 3.63) is 0 Å². The number of carbonyl (C=O) groups excluding carboxylic acids is 2. The van der Waals surface area contributed by atoms with Crippen molar-refractivity contribution in [1.82, 2.24) is 9.80 Å². The number of rotatable bonds is 2. The molecule has 4 bridgehead atoms. The second kappa shape index (κ2) is 7.22. The molecule has 0 spiro atoms. The van der Waals surface area contributed by atoms with Crippen molar-refractivity contribution in [2.24, 2.45) is 28.9 Å². The van der Waals surface area contributed by atoms with Gasteiger partial charge in [0.25, 0.3) is 0 Å². The number of amides is 2. The van der Waals surface area contributed by atoms with Crippen molar-refractivity contribution in [2.45, 2.75) is 76.3 Å². The Balaban J connectivity index is 0.00000180. The van der Waals surface area contributed by atoms with Crippen molar-refractivity contribution in [1.29, 1.82) is 0 Å². The summed E-state index contributed by atoms with van der Waals surface area (Å²) >= 11 is 0. The summed E-state index contributed by atoms with van der Waals surface area (Å²) in [5.41, 5.74) is 5.96. The molecule has 2 unspecified atom stereocenters. The van der Waals surface area contributed by atoms with Crippen LogP contribution in [0.25, 0.3) is 0 Å². The van der Waals surface area contributed by atoms with E-state index in [1.807, 2.05) is 9.80 Å². The lowest BCUT2D eigenvalue weighted by Gasteiger charge is -2.56. The van der Waals surface area contributed by atoms with Crippen molar-refractivity contribution in [2.75, 3.05) is 19.6 Å². The minimum absolute atomic E-state index is 0. The zero-order valence-electron chi connectivity index (χ0n) is 16.3. The van der Waals surface area contributed by atoms with E-state index in [-0.39, 0.29) is 35.8 Å². The Bertz CT molecular complexity index is 575. The van der Waals surface area contributed by atoms with Gasteiger partial charge in [0, 0.05) is 25.7 Å². The molecule has 2 N–H and O–H groups in total. The number of carbonyl (C=O) groups is 2. The van der Waals surface area contributed by atoms with Crippen LogP contribution in [-0.2, 0) is 9.59 Å². The Morgan fingerprint density at radius 1 is 0.889 bits per heavy atom. The van der Waals surface area contributed by atoms with Crippen LogP contribution in [0.2, 0.25) is 0 Å². The van der Waals surface area contributed by atoms with E-state index in [0.717, 1.165) is 75.8 Å². The zero-order valence-corrected chi connectivity index (χ0v) is 17.1. The maximum Gasteiger partial charge on any atom is 0.245 e. The Morgan fingerprint density at radius 2 is 1.48 bits per heavy atom. The molecule has 6 heteroatoms. The molecular weight excluding hydrogens is 362 g/mol. The maximum atomic E-state index is 13.7. The van der Waals surface area contributed by atoms with Crippen LogP contribution < -0.4 is 5.73 Å². The van der Waals surface area contributed by atoms with Gasteiger partial charge in [-0.1, -0.05) is 0 Å². The second-order valence-corrected chi connectivity index (χ2v) is 10.0. The second-order valence-electron chi connectivity index (χ2n) is 10.0. The van der Waals surface area contributed by atoms with E-state index in [0.29, 0.717) is 12.5 Å². The minimum Gasteiger partial charge on any atom is -0.339 e. The summed E-state index contributed by atoms with van der Waals surface area (Å²) < 4.78 is 0. The van der Waals surface area contributed by atoms with Gasteiger partial charge in [0.05, 0.1) is 5.41 Å². The molecule has 152 valence electrons. The first kappa shape index (κ1) is 19.5. The lowest BCUT2D eigenvalue weighted by atomic mass is 9.49. The molecule has 0 aromatic heterocycles. The third-order valence-corrected chi connectivity index (χ3v) is 8.06. The van der Waals surface area contributed by atoms with Crippen molar-refractivity contribution < 1.29 is 9.59 Å². The van der Waals surface area contributed by atoms with Crippen LogP contribution in [0.1, 0.15) is 64.2 Å². The average Bonchev–Trinajstić information content (AvgIpc) is 3.08. The van der Waals surface area contributed by atoms with Gasteiger partial charge < -0.3 is 15.5 Å². The van der Waals surface area contributed by atoms with Crippen molar-refractivity contribution >= 4 is 24.2 Å². The Labute approximate surface area is 168 Å². The van der Waals surface area contributed by atoms with Gasteiger partial charge in [-0.3, -0.25) is 9.59 Å². The van der Waals surface area contributed by atoms with Gasteiger partial charge in [0.1, 0.15) is 6.04 Å². The highest BCUT2D eigenvalue weighted by molar-refractivity contribution is 5.91. The normalized spacial score (nSPS) is 42.9. The minimum atomic E-state index is -0.221.